The minimum atomic E-state index is -0.788. The van der Waals surface area contributed by atoms with Gasteiger partial charge in [0.25, 0.3) is 0 Å². The molecule has 0 aromatic heterocycles. The minimum absolute atomic E-state index is 0.788. The van der Waals surface area contributed by atoms with Crippen molar-refractivity contribution in [2.24, 2.45) is 0 Å². The molecule has 0 unspecified atom stereocenters. The Morgan fingerprint density at radius 2 is 0.260 bits per heavy atom. The number of benzene rings is 17. The minimum Gasteiger partial charge on any atom is -0.311 e. The van der Waals surface area contributed by atoms with Crippen LogP contribution in [0.5, 0.6) is 0 Å². The van der Waals surface area contributed by atoms with Gasteiger partial charge in [-0.05, 0) is 212 Å². The van der Waals surface area contributed by atoms with E-state index in [9.17, 15) is 0 Å². The predicted octanol–water partition coefficient (Wildman–Crippen LogP) is 21.3. The van der Waals surface area contributed by atoms with Gasteiger partial charge < -0.3 is 9.80 Å². The lowest BCUT2D eigenvalue weighted by atomic mass is 9.86. The summed E-state index contributed by atoms with van der Waals surface area (Å²) < 4.78 is 0. The summed E-state index contributed by atoms with van der Waals surface area (Å²) in [6.45, 7) is 0. The van der Waals surface area contributed by atoms with Gasteiger partial charge in [-0.2, -0.15) is 0 Å². The monoisotopic (exact) mass is 1400 g/mol. The molecule has 0 radical (unpaired) electrons. The van der Waals surface area contributed by atoms with E-state index in [0.29, 0.717) is 0 Å². The third-order valence-electron chi connectivity index (χ3n) is 19.3. The molecule has 17 aromatic carbocycles. The zero-order chi connectivity index (χ0) is 69.4. The number of hydrogen-bond acceptors (Lipinski definition) is 2. The maximum absolute atomic E-state index is 2.42. The van der Waals surface area contributed by atoms with E-state index < -0.39 is 31.7 Å². The summed E-state index contributed by atoms with van der Waals surface area (Å²) in [6, 6.07) is 162. The number of fused-ring (bicyclic) bond motifs is 2. The number of anilines is 6. The average Bonchev–Trinajstić information content (AvgIpc) is 0.731. The number of nitrogens with zero attached hydrogens (tertiary/aromatic N) is 2. The van der Waals surface area contributed by atoms with Crippen molar-refractivity contribution in [2.75, 3.05) is 9.80 Å². The van der Waals surface area contributed by atoms with Crippen molar-refractivity contribution in [1.82, 2.24) is 0 Å². The Kier molecular flexibility index (Phi) is 19.4. The highest BCUT2D eigenvalue weighted by molar-refractivity contribution is 7.81. The van der Waals surface area contributed by atoms with Crippen LogP contribution in [0.3, 0.4) is 0 Å². The quantitative estimate of drug-likeness (QED) is 0.0554. The summed E-state index contributed by atoms with van der Waals surface area (Å²) in [7, 11) is -3.15. The van der Waals surface area contributed by atoms with E-state index in [-0.39, 0.29) is 0 Å². The SMILES string of the molecule is c1ccc(P(c2ccccc2)c2ccc(N(c3ccc(-c4c5ccccc5c(-c5ccc(N(c6ccc(P(c7ccccc7)c7ccccc7)cc6)c6ccc(P(c7ccccc7)c7ccccc7)cc6)cc5)c5ccccc45)cc3)c3ccc(P(c4ccccc4)c4ccccc4)cc3)cc2)cc1. The van der Waals surface area contributed by atoms with E-state index in [4.69, 9.17) is 0 Å². The van der Waals surface area contributed by atoms with Gasteiger partial charge in [0.15, 0.2) is 0 Å². The van der Waals surface area contributed by atoms with Crippen molar-refractivity contribution in [3.05, 3.63) is 437 Å². The molecule has 0 spiro atoms. The molecule has 0 heterocycles. The van der Waals surface area contributed by atoms with Gasteiger partial charge in [0.1, 0.15) is 0 Å². The Morgan fingerprint density at radius 3 is 0.423 bits per heavy atom. The van der Waals surface area contributed by atoms with E-state index >= 15 is 0 Å². The first-order valence-electron chi connectivity index (χ1n) is 35.4. The van der Waals surface area contributed by atoms with Gasteiger partial charge in [0, 0.05) is 34.1 Å². The maximum Gasteiger partial charge on any atom is 0.0462 e. The third-order valence-corrected chi connectivity index (χ3v) is 29.1. The van der Waals surface area contributed by atoms with Crippen molar-refractivity contribution in [2.45, 2.75) is 0 Å². The summed E-state index contributed by atoms with van der Waals surface area (Å²) in [4.78, 5) is 4.85. The van der Waals surface area contributed by atoms with Crippen molar-refractivity contribution in [3.63, 3.8) is 0 Å². The molecule has 0 bridgehead atoms. The van der Waals surface area contributed by atoms with Crippen LogP contribution >= 0.6 is 31.7 Å². The van der Waals surface area contributed by atoms with Crippen LogP contribution in [0, 0.1) is 0 Å². The van der Waals surface area contributed by atoms with Gasteiger partial charge in [0.2, 0.25) is 0 Å². The Labute approximate surface area is 615 Å². The molecular weight excluding hydrogens is 1330 g/mol. The first-order valence-corrected chi connectivity index (χ1v) is 40.8. The number of hydrogen-bond donors (Lipinski definition) is 0. The zero-order valence-electron chi connectivity index (χ0n) is 57.3. The Bertz CT molecular complexity index is 4840. The number of rotatable bonds is 20. The second-order valence-electron chi connectivity index (χ2n) is 25.7. The summed E-state index contributed by atoms with van der Waals surface area (Å²) in [5.74, 6) is 0. The largest absolute Gasteiger partial charge is 0.311 e. The van der Waals surface area contributed by atoms with Crippen LogP contribution in [0.25, 0.3) is 43.8 Å². The second kappa shape index (κ2) is 30.6. The van der Waals surface area contributed by atoms with E-state index in [2.05, 4.69) is 447 Å². The van der Waals surface area contributed by atoms with E-state index in [1.807, 2.05) is 0 Å². The van der Waals surface area contributed by atoms with Gasteiger partial charge >= 0.3 is 0 Å². The summed E-state index contributed by atoms with van der Waals surface area (Å²) >= 11 is 0. The first-order chi connectivity index (χ1) is 51.6. The summed E-state index contributed by atoms with van der Waals surface area (Å²) in [6.07, 6.45) is 0. The normalized spacial score (nSPS) is 11.4. The van der Waals surface area contributed by atoms with Gasteiger partial charge in [-0.25, -0.2) is 0 Å². The van der Waals surface area contributed by atoms with Crippen molar-refractivity contribution >= 4 is 151 Å². The molecule has 0 N–H and O–H groups in total. The maximum atomic E-state index is 2.42. The molecule has 0 aliphatic heterocycles. The Hall–Kier alpha value is -11.4. The smallest absolute Gasteiger partial charge is 0.0462 e. The standard InChI is InChI=1S/C98H72N2P4/c1-9-29-81(30-10-1)101(82-31-11-2-12-32-82)89-65-57-77(58-66-89)99(78-59-67-90(68-60-78)102(83-33-13-3-14-34-83)84-35-15-4-16-36-84)75-53-49-73(50-54-75)97-93-45-25-27-47-95(93)98(96-48-28-26-46-94(96)97)74-51-55-76(56-52-74)100(79-61-69-91(70-62-79)103(85-37-17-5-18-38-85)86-39-19-6-20-40-86)80-63-71-92(72-64-80)104(87-41-21-7-22-42-87)88-43-23-8-24-44-88/h1-72H. The van der Waals surface area contributed by atoms with Crippen LogP contribution in [-0.4, -0.2) is 0 Å². The fraction of sp³-hybridized carbons (Fsp3) is 0. The summed E-state index contributed by atoms with van der Waals surface area (Å²) in [5, 5.41) is 20.7. The molecule has 17 aromatic rings. The van der Waals surface area contributed by atoms with Gasteiger partial charge in [-0.15, -0.1) is 0 Å². The molecule has 0 atom stereocenters. The Balaban J connectivity index is 0.744. The molecule has 17 rings (SSSR count). The molecule has 0 amide bonds. The van der Waals surface area contributed by atoms with Crippen molar-refractivity contribution in [1.29, 1.82) is 0 Å². The zero-order valence-corrected chi connectivity index (χ0v) is 60.8. The molecule has 6 heteroatoms. The highest BCUT2D eigenvalue weighted by Gasteiger charge is 2.25. The highest BCUT2D eigenvalue weighted by atomic mass is 31.1. The van der Waals surface area contributed by atoms with Gasteiger partial charge in [-0.3, -0.25) is 0 Å². The average molecular weight is 1400 g/mol. The van der Waals surface area contributed by atoms with Crippen LogP contribution in [0.1, 0.15) is 0 Å². The van der Waals surface area contributed by atoms with Crippen molar-refractivity contribution < 1.29 is 0 Å². The lowest BCUT2D eigenvalue weighted by Crippen LogP contribution is -2.21. The molecular formula is C98H72N2P4. The van der Waals surface area contributed by atoms with Crippen molar-refractivity contribution in [3.8, 4) is 22.3 Å². The molecule has 0 saturated heterocycles. The molecule has 0 aliphatic rings. The van der Waals surface area contributed by atoms with E-state index in [1.165, 1.54) is 96.3 Å². The topological polar surface area (TPSA) is 6.48 Å². The first kappa shape index (κ1) is 65.9. The molecule has 0 aliphatic carbocycles. The van der Waals surface area contributed by atoms with E-state index in [0.717, 1.165) is 45.3 Å². The molecule has 2 nitrogen and oxygen atoms in total. The fourth-order valence-electron chi connectivity index (χ4n) is 14.6. The third kappa shape index (κ3) is 13.7. The molecule has 494 valence electrons. The highest BCUT2D eigenvalue weighted by Crippen LogP contribution is 2.47. The predicted molar refractivity (Wildman–Crippen MR) is 457 cm³/mol. The lowest BCUT2D eigenvalue weighted by molar-refractivity contribution is 1.29. The van der Waals surface area contributed by atoms with Crippen LogP contribution in [0.4, 0.5) is 34.1 Å². The van der Waals surface area contributed by atoms with Crippen LogP contribution in [0.2, 0.25) is 0 Å². The molecule has 104 heavy (non-hydrogen) atoms. The van der Waals surface area contributed by atoms with Crippen LogP contribution in [0.15, 0.2) is 437 Å². The van der Waals surface area contributed by atoms with Gasteiger partial charge in [-0.1, -0.05) is 364 Å². The van der Waals surface area contributed by atoms with Crippen LogP contribution in [-0.2, 0) is 0 Å². The van der Waals surface area contributed by atoms with Gasteiger partial charge in [0.05, 0.1) is 0 Å². The molecule has 0 fully saturated rings. The molecule has 0 saturated carbocycles. The Morgan fingerprint density at radius 1 is 0.125 bits per heavy atom. The van der Waals surface area contributed by atoms with E-state index in [1.54, 1.807) is 0 Å². The second-order valence-corrected chi connectivity index (χ2v) is 34.6. The fourth-order valence-corrected chi connectivity index (χ4v) is 23.7. The van der Waals surface area contributed by atoms with Crippen LogP contribution < -0.4 is 73.5 Å². The summed E-state index contributed by atoms with van der Waals surface area (Å²) in [5.41, 5.74) is 11.3. The lowest BCUT2D eigenvalue weighted by Gasteiger charge is -2.28.